The monoisotopic (exact) mass is 150 g/mol. The number of hydrogen-bond donors (Lipinski definition) is 1. The number of nitrogens with one attached hydrogen (secondary N) is 1. The van der Waals surface area contributed by atoms with E-state index < -0.39 is 5.92 Å². The molecule has 0 radical (unpaired) electrons. The molecule has 0 atom stereocenters. The molecule has 4 heteroatoms. The van der Waals surface area contributed by atoms with Crippen LogP contribution in [0.1, 0.15) is 12.8 Å². The molecule has 1 N–H and O–H groups in total. The van der Waals surface area contributed by atoms with E-state index in [0.717, 1.165) is 6.54 Å². The molecule has 0 bridgehead atoms. The molecule has 1 heterocycles. The van der Waals surface area contributed by atoms with Crippen molar-refractivity contribution in [1.29, 1.82) is 0 Å². The van der Waals surface area contributed by atoms with Gasteiger partial charge in [0.1, 0.15) is 0 Å². The van der Waals surface area contributed by atoms with E-state index in [-0.39, 0.29) is 13.0 Å². The zero-order valence-corrected chi connectivity index (χ0v) is 6.03. The number of piperidine rings is 1. The van der Waals surface area contributed by atoms with Gasteiger partial charge in [0, 0.05) is 13.0 Å². The van der Waals surface area contributed by atoms with Crippen LogP contribution in [0.15, 0.2) is 0 Å². The molecule has 60 valence electrons. The summed E-state index contributed by atoms with van der Waals surface area (Å²) in [5.41, 5.74) is 2.71. The molecule has 1 fully saturated rings. The van der Waals surface area contributed by atoms with Crippen molar-refractivity contribution in [2.75, 3.05) is 20.1 Å². The topological polar surface area (TPSA) is 15.3 Å². The Morgan fingerprint density at radius 3 is 2.60 bits per heavy atom. The first-order valence-electron chi connectivity index (χ1n) is 3.44. The lowest BCUT2D eigenvalue weighted by Gasteiger charge is -2.31. The van der Waals surface area contributed by atoms with E-state index in [4.69, 9.17) is 0 Å². The highest BCUT2D eigenvalue weighted by atomic mass is 19.3. The van der Waals surface area contributed by atoms with Gasteiger partial charge in [0.25, 0.3) is 5.92 Å². The molecule has 10 heavy (non-hydrogen) atoms. The van der Waals surface area contributed by atoms with Crippen LogP contribution in [0, 0.1) is 0 Å². The number of halogens is 2. The van der Waals surface area contributed by atoms with Gasteiger partial charge in [0.15, 0.2) is 0 Å². The smallest absolute Gasteiger partial charge is 0.258 e. The predicted molar refractivity (Wildman–Crippen MR) is 34.8 cm³/mol. The lowest BCUT2D eigenvalue weighted by Crippen LogP contribution is -2.48. The summed E-state index contributed by atoms with van der Waals surface area (Å²) in [5, 5.41) is 1.55. The van der Waals surface area contributed by atoms with Crippen LogP contribution in [0.4, 0.5) is 8.78 Å². The summed E-state index contributed by atoms with van der Waals surface area (Å²) in [6.07, 6.45) is 0.610. The fourth-order valence-corrected chi connectivity index (χ4v) is 1.16. The Labute approximate surface area is 59.2 Å². The van der Waals surface area contributed by atoms with Crippen LogP contribution in [-0.2, 0) is 0 Å². The molecule has 1 rings (SSSR count). The molecule has 1 aliphatic rings. The Balaban J connectivity index is 2.40. The summed E-state index contributed by atoms with van der Waals surface area (Å²) in [6.45, 7) is 0.579. The zero-order chi connectivity index (χ0) is 7.61. The second kappa shape index (κ2) is 2.80. The van der Waals surface area contributed by atoms with Gasteiger partial charge in [-0.1, -0.05) is 0 Å². The van der Waals surface area contributed by atoms with E-state index in [2.05, 4.69) is 5.43 Å². The number of hydrazine groups is 1. The van der Waals surface area contributed by atoms with Crippen molar-refractivity contribution in [3.05, 3.63) is 0 Å². The molecule has 0 spiro atoms. The number of hydrogen-bond acceptors (Lipinski definition) is 2. The van der Waals surface area contributed by atoms with Gasteiger partial charge >= 0.3 is 0 Å². The molecule has 0 saturated carbocycles. The van der Waals surface area contributed by atoms with E-state index in [1.54, 1.807) is 12.1 Å². The van der Waals surface area contributed by atoms with Gasteiger partial charge in [-0.05, 0) is 13.5 Å². The highest BCUT2D eigenvalue weighted by Crippen LogP contribution is 2.24. The minimum atomic E-state index is -2.48. The first kappa shape index (κ1) is 7.88. The van der Waals surface area contributed by atoms with Crippen LogP contribution in [0.5, 0.6) is 0 Å². The molecular weight excluding hydrogens is 138 g/mol. The summed E-state index contributed by atoms with van der Waals surface area (Å²) in [5.74, 6) is -2.48. The molecule has 0 unspecified atom stereocenters. The van der Waals surface area contributed by atoms with Crippen molar-refractivity contribution in [3.63, 3.8) is 0 Å². The summed E-state index contributed by atoms with van der Waals surface area (Å²) < 4.78 is 25.1. The van der Waals surface area contributed by atoms with Crippen LogP contribution in [0.3, 0.4) is 0 Å². The van der Waals surface area contributed by atoms with Crippen molar-refractivity contribution < 1.29 is 8.78 Å². The van der Waals surface area contributed by atoms with Gasteiger partial charge in [-0.15, -0.1) is 0 Å². The van der Waals surface area contributed by atoms with Gasteiger partial charge < -0.3 is 0 Å². The fraction of sp³-hybridized carbons (Fsp3) is 1.00. The highest BCUT2D eigenvalue weighted by Gasteiger charge is 2.34. The van der Waals surface area contributed by atoms with Crippen LogP contribution in [0.2, 0.25) is 0 Å². The van der Waals surface area contributed by atoms with E-state index in [9.17, 15) is 8.78 Å². The Morgan fingerprint density at radius 1 is 1.50 bits per heavy atom. The van der Waals surface area contributed by atoms with Gasteiger partial charge in [-0.25, -0.2) is 13.8 Å². The lowest BCUT2D eigenvalue weighted by molar-refractivity contribution is -0.0756. The van der Waals surface area contributed by atoms with Crippen molar-refractivity contribution in [1.82, 2.24) is 10.4 Å². The first-order chi connectivity index (χ1) is 4.64. The Kier molecular flexibility index (Phi) is 2.21. The standard InChI is InChI=1S/C6H12F2N2/c1-9-10-4-2-3-6(7,8)5-10/h9H,2-5H2,1H3. The van der Waals surface area contributed by atoms with E-state index >= 15 is 0 Å². The Bertz CT molecular complexity index is 116. The van der Waals surface area contributed by atoms with Crippen molar-refractivity contribution in [2.45, 2.75) is 18.8 Å². The van der Waals surface area contributed by atoms with E-state index in [1.807, 2.05) is 0 Å². The largest absolute Gasteiger partial charge is 0.262 e. The molecule has 0 aliphatic carbocycles. The SMILES string of the molecule is CNN1CCCC(F)(F)C1. The van der Waals surface area contributed by atoms with Crippen LogP contribution in [0.25, 0.3) is 0 Å². The maximum atomic E-state index is 12.6. The third-order valence-electron chi connectivity index (χ3n) is 1.71. The summed E-state index contributed by atoms with van der Waals surface area (Å²) in [6, 6.07) is 0. The number of alkyl halides is 2. The molecule has 0 amide bonds. The number of rotatable bonds is 1. The molecule has 0 aromatic carbocycles. The van der Waals surface area contributed by atoms with Crippen LogP contribution in [-0.4, -0.2) is 31.1 Å². The molecule has 0 aromatic rings. The maximum Gasteiger partial charge on any atom is 0.262 e. The van der Waals surface area contributed by atoms with Crippen molar-refractivity contribution >= 4 is 0 Å². The van der Waals surface area contributed by atoms with Crippen molar-refractivity contribution in [3.8, 4) is 0 Å². The van der Waals surface area contributed by atoms with E-state index in [1.165, 1.54) is 0 Å². The van der Waals surface area contributed by atoms with Gasteiger partial charge in [0.2, 0.25) is 0 Å². The van der Waals surface area contributed by atoms with Gasteiger partial charge in [-0.3, -0.25) is 5.43 Å². The molecule has 1 saturated heterocycles. The lowest BCUT2D eigenvalue weighted by atomic mass is 10.1. The van der Waals surface area contributed by atoms with Gasteiger partial charge in [0.05, 0.1) is 6.54 Å². The molecular formula is C6H12F2N2. The van der Waals surface area contributed by atoms with Gasteiger partial charge in [-0.2, -0.15) is 0 Å². The Hall–Kier alpha value is -0.220. The average Bonchev–Trinajstić information content (AvgIpc) is 1.86. The quantitative estimate of drug-likeness (QED) is 0.596. The molecule has 2 nitrogen and oxygen atoms in total. The molecule has 1 aliphatic heterocycles. The summed E-state index contributed by atoms with van der Waals surface area (Å²) in [4.78, 5) is 0. The van der Waals surface area contributed by atoms with Crippen LogP contribution >= 0.6 is 0 Å². The summed E-state index contributed by atoms with van der Waals surface area (Å²) >= 11 is 0. The third-order valence-corrected chi connectivity index (χ3v) is 1.71. The van der Waals surface area contributed by atoms with Crippen molar-refractivity contribution in [2.24, 2.45) is 0 Å². The minimum Gasteiger partial charge on any atom is -0.258 e. The minimum absolute atomic E-state index is 0.0329. The maximum absolute atomic E-state index is 12.6. The Morgan fingerprint density at radius 2 is 2.20 bits per heavy atom. The van der Waals surface area contributed by atoms with Crippen LogP contribution < -0.4 is 5.43 Å². The zero-order valence-electron chi connectivity index (χ0n) is 6.03. The second-order valence-electron chi connectivity index (χ2n) is 2.60. The molecule has 0 aromatic heterocycles. The summed E-state index contributed by atoms with van der Waals surface area (Å²) in [7, 11) is 1.67. The average molecular weight is 150 g/mol. The second-order valence-corrected chi connectivity index (χ2v) is 2.60. The van der Waals surface area contributed by atoms with E-state index in [0.29, 0.717) is 6.42 Å². The highest BCUT2D eigenvalue weighted by molar-refractivity contribution is 4.75. The first-order valence-corrected chi connectivity index (χ1v) is 3.44. The normalized spacial score (nSPS) is 26.7. The fourth-order valence-electron chi connectivity index (χ4n) is 1.16. The third kappa shape index (κ3) is 1.88. The predicted octanol–water partition coefficient (Wildman–Crippen LogP) is 0.852. The number of nitrogens with zero attached hydrogens (tertiary/aromatic N) is 1.